The SMILES string of the molecule is C=C(CC(C)(C)C)NCCC. The third-order valence-corrected chi connectivity index (χ3v) is 1.37. The van der Waals surface area contributed by atoms with Crippen molar-refractivity contribution in [2.24, 2.45) is 5.41 Å². The third kappa shape index (κ3) is 7.44. The van der Waals surface area contributed by atoms with Crippen LogP contribution in [0.15, 0.2) is 12.3 Å². The molecule has 1 nitrogen and oxygen atoms in total. The summed E-state index contributed by atoms with van der Waals surface area (Å²) in [6, 6.07) is 0. The summed E-state index contributed by atoms with van der Waals surface area (Å²) >= 11 is 0. The lowest BCUT2D eigenvalue weighted by atomic mass is 9.91. The van der Waals surface area contributed by atoms with Crippen LogP contribution in [0.4, 0.5) is 0 Å². The van der Waals surface area contributed by atoms with E-state index in [-0.39, 0.29) is 0 Å². The van der Waals surface area contributed by atoms with E-state index >= 15 is 0 Å². The molecule has 0 radical (unpaired) electrons. The molecule has 0 rings (SSSR count). The first-order valence-electron chi connectivity index (χ1n) is 4.37. The summed E-state index contributed by atoms with van der Waals surface area (Å²) in [4.78, 5) is 0. The van der Waals surface area contributed by atoms with Crippen molar-refractivity contribution in [1.29, 1.82) is 0 Å². The van der Waals surface area contributed by atoms with E-state index in [1.807, 2.05) is 0 Å². The largest absolute Gasteiger partial charge is 0.389 e. The van der Waals surface area contributed by atoms with Gasteiger partial charge in [-0.25, -0.2) is 0 Å². The summed E-state index contributed by atoms with van der Waals surface area (Å²) in [5, 5.41) is 3.29. The highest BCUT2D eigenvalue weighted by molar-refractivity contribution is 4.94. The Bertz CT molecular complexity index is 119. The zero-order chi connectivity index (χ0) is 8.91. The normalized spacial score (nSPS) is 11.3. The van der Waals surface area contributed by atoms with E-state index in [2.05, 4.69) is 39.6 Å². The summed E-state index contributed by atoms with van der Waals surface area (Å²) in [6.45, 7) is 13.9. The van der Waals surface area contributed by atoms with E-state index in [9.17, 15) is 0 Å². The lowest BCUT2D eigenvalue weighted by Gasteiger charge is -2.20. The van der Waals surface area contributed by atoms with Gasteiger partial charge in [-0.05, 0) is 18.3 Å². The lowest BCUT2D eigenvalue weighted by molar-refractivity contribution is 0.398. The Hall–Kier alpha value is -0.460. The highest BCUT2D eigenvalue weighted by Crippen LogP contribution is 2.21. The van der Waals surface area contributed by atoms with E-state index in [0.29, 0.717) is 5.41 Å². The van der Waals surface area contributed by atoms with Gasteiger partial charge in [0, 0.05) is 12.2 Å². The van der Waals surface area contributed by atoms with E-state index in [1.54, 1.807) is 0 Å². The smallest absolute Gasteiger partial charge is 0.0141 e. The Morgan fingerprint density at radius 3 is 2.27 bits per heavy atom. The molecule has 0 bridgehead atoms. The Labute approximate surface area is 70.9 Å². The van der Waals surface area contributed by atoms with E-state index in [4.69, 9.17) is 0 Å². The lowest BCUT2D eigenvalue weighted by Crippen LogP contribution is -2.18. The highest BCUT2D eigenvalue weighted by atomic mass is 14.9. The molecule has 0 amide bonds. The average molecular weight is 155 g/mol. The fourth-order valence-corrected chi connectivity index (χ4v) is 1.00. The van der Waals surface area contributed by atoms with Crippen molar-refractivity contribution in [3.63, 3.8) is 0 Å². The average Bonchev–Trinajstić information content (AvgIpc) is 1.79. The van der Waals surface area contributed by atoms with Gasteiger partial charge in [-0.1, -0.05) is 34.3 Å². The molecule has 0 aliphatic heterocycles. The van der Waals surface area contributed by atoms with Crippen LogP contribution in [0.5, 0.6) is 0 Å². The number of hydrogen-bond acceptors (Lipinski definition) is 1. The molecule has 0 fully saturated rings. The van der Waals surface area contributed by atoms with Gasteiger partial charge in [0.25, 0.3) is 0 Å². The maximum absolute atomic E-state index is 3.97. The van der Waals surface area contributed by atoms with E-state index < -0.39 is 0 Å². The molecule has 0 aromatic carbocycles. The van der Waals surface area contributed by atoms with Crippen LogP contribution in [0.2, 0.25) is 0 Å². The molecule has 1 heteroatoms. The molecule has 0 aliphatic carbocycles. The van der Waals surface area contributed by atoms with Gasteiger partial charge in [0.1, 0.15) is 0 Å². The van der Waals surface area contributed by atoms with Gasteiger partial charge in [-0.2, -0.15) is 0 Å². The van der Waals surface area contributed by atoms with Crippen LogP contribution in [0.1, 0.15) is 40.5 Å². The van der Waals surface area contributed by atoms with Gasteiger partial charge >= 0.3 is 0 Å². The first-order chi connectivity index (χ1) is 4.95. The molecule has 66 valence electrons. The Morgan fingerprint density at radius 1 is 1.36 bits per heavy atom. The molecule has 0 heterocycles. The van der Waals surface area contributed by atoms with Gasteiger partial charge < -0.3 is 5.32 Å². The zero-order valence-electron chi connectivity index (χ0n) is 8.33. The van der Waals surface area contributed by atoms with Crippen LogP contribution in [0.3, 0.4) is 0 Å². The molecule has 0 aromatic rings. The van der Waals surface area contributed by atoms with Gasteiger partial charge in [0.2, 0.25) is 0 Å². The molecule has 0 aliphatic rings. The van der Waals surface area contributed by atoms with Gasteiger partial charge in [0.05, 0.1) is 0 Å². The second-order valence-electron chi connectivity index (χ2n) is 4.27. The maximum atomic E-state index is 3.97. The van der Waals surface area contributed by atoms with Crippen molar-refractivity contribution in [3.05, 3.63) is 12.3 Å². The second-order valence-corrected chi connectivity index (χ2v) is 4.27. The second kappa shape index (κ2) is 4.42. The predicted molar refractivity (Wildman–Crippen MR) is 51.5 cm³/mol. The van der Waals surface area contributed by atoms with Crippen molar-refractivity contribution in [3.8, 4) is 0 Å². The highest BCUT2D eigenvalue weighted by Gasteiger charge is 2.10. The van der Waals surface area contributed by atoms with Gasteiger partial charge in [-0.3, -0.25) is 0 Å². The minimum Gasteiger partial charge on any atom is -0.389 e. The summed E-state index contributed by atoms with van der Waals surface area (Å²) in [5.74, 6) is 0. The van der Waals surface area contributed by atoms with Crippen LogP contribution >= 0.6 is 0 Å². The first kappa shape index (κ1) is 10.5. The van der Waals surface area contributed by atoms with Crippen LogP contribution in [0.25, 0.3) is 0 Å². The predicted octanol–water partition coefficient (Wildman–Crippen LogP) is 2.94. The number of rotatable bonds is 4. The Morgan fingerprint density at radius 2 is 1.91 bits per heavy atom. The minimum absolute atomic E-state index is 0.359. The standard InChI is InChI=1S/C10H21N/c1-6-7-11-9(2)8-10(3,4)5/h11H,2,6-8H2,1,3-5H3. The third-order valence-electron chi connectivity index (χ3n) is 1.37. The molecule has 0 saturated carbocycles. The number of nitrogens with one attached hydrogen (secondary N) is 1. The van der Waals surface area contributed by atoms with Crippen molar-refractivity contribution >= 4 is 0 Å². The molecule has 1 N–H and O–H groups in total. The Balaban J connectivity index is 3.53. The molecule has 0 unspecified atom stereocenters. The summed E-state index contributed by atoms with van der Waals surface area (Å²) < 4.78 is 0. The minimum atomic E-state index is 0.359. The van der Waals surface area contributed by atoms with Crippen LogP contribution < -0.4 is 5.32 Å². The van der Waals surface area contributed by atoms with Crippen LogP contribution in [0, 0.1) is 5.41 Å². The molecule has 0 atom stereocenters. The first-order valence-corrected chi connectivity index (χ1v) is 4.37. The van der Waals surface area contributed by atoms with Crippen LogP contribution in [-0.4, -0.2) is 6.54 Å². The van der Waals surface area contributed by atoms with Gasteiger partial charge in [-0.15, -0.1) is 0 Å². The molecule has 11 heavy (non-hydrogen) atoms. The van der Waals surface area contributed by atoms with Gasteiger partial charge in [0.15, 0.2) is 0 Å². The monoisotopic (exact) mass is 155 g/mol. The molecule has 0 saturated heterocycles. The maximum Gasteiger partial charge on any atom is 0.0141 e. The summed E-state index contributed by atoms with van der Waals surface area (Å²) in [5.41, 5.74) is 1.53. The topological polar surface area (TPSA) is 12.0 Å². The molecule has 0 spiro atoms. The van der Waals surface area contributed by atoms with E-state index in [0.717, 1.165) is 13.0 Å². The summed E-state index contributed by atoms with van der Waals surface area (Å²) in [7, 11) is 0. The number of allylic oxidation sites excluding steroid dienone is 1. The molecular formula is C10H21N. The number of hydrogen-bond donors (Lipinski definition) is 1. The van der Waals surface area contributed by atoms with Crippen molar-refractivity contribution in [2.75, 3.05) is 6.54 Å². The van der Waals surface area contributed by atoms with E-state index in [1.165, 1.54) is 12.1 Å². The van der Waals surface area contributed by atoms with Crippen molar-refractivity contribution in [1.82, 2.24) is 5.32 Å². The molecular weight excluding hydrogens is 134 g/mol. The summed E-state index contributed by atoms with van der Waals surface area (Å²) in [6.07, 6.45) is 2.23. The molecule has 0 aromatic heterocycles. The fourth-order valence-electron chi connectivity index (χ4n) is 1.00. The zero-order valence-corrected chi connectivity index (χ0v) is 8.33. The van der Waals surface area contributed by atoms with Crippen molar-refractivity contribution in [2.45, 2.75) is 40.5 Å². The fraction of sp³-hybridized carbons (Fsp3) is 0.800. The quantitative estimate of drug-likeness (QED) is 0.658. The Kier molecular flexibility index (Phi) is 4.24. The van der Waals surface area contributed by atoms with Crippen molar-refractivity contribution < 1.29 is 0 Å². The van der Waals surface area contributed by atoms with Crippen LogP contribution in [-0.2, 0) is 0 Å².